The lowest BCUT2D eigenvalue weighted by Crippen LogP contribution is -2.42. The fraction of sp³-hybridized carbons (Fsp3) is 1.00. The molecule has 2 N–H and O–H groups in total. The topological polar surface area (TPSA) is 47.7 Å². The van der Waals surface area contributed by atoms with Crippen LogP contribution in [0.2, 0.25) is 0 Å². The van der Waals surface area contributed by atoms with Gasteiger partial charge in [0.15, 0.2) is 0 Å². The molecule has 2 unspecified atom stereocenters. The first-order chi connectivity index (χ1) is 8.27. The molecule has 1 aliphatic heterocycles. The summed E-state index contributed by atoms with van der Waals surface area (Å²) in [5.41, 5.74) is 5.57. The van der Waals surface area contributed by atoms with Crippen LogP contribution in [0.4, 0.5) is 0 Å². The van der Waals surface area contributed by atoms with Gasteiger partial charge in [0.1, 0.15) is 0 Å². The lowest BCUT2D eigenvalue weighted by atomic mass is 10.1. The normalized spacial score (nSPS) is 22.9. The van der Waals surface area contributed by atoms with Gasteiger partial charge in [-0.25, -0.2) is 0 Å². The molecule has 1 heterocycles. The second kappa shape index (κ2) is 8.86. The lowest BCUT2D eigenvalue weighted by Gasteiger charge is -2.32. The minimum absolute atomic E-state index is 0.408. The van der Waals surface area contributed by atoms with Crippen LogP contribution in [0.5, 0.6) is 0 Å². The highest BCUT2D eigenvalue weighted by Crippen LogP contribution is 2.15. The number of rotatable bonds is 8. The van der Waals surface area contributed by atoms with E-state index in [0.717, 1.165) is 39.1 Å². The summed E-state index contributed by atoms with van der Waals surface area (Å²) in [6, 6.07) is 0.467. The van der Waals surface area contributed by atoms with Gasteiger partial charge in [0.05, 0.1) is 12.7 Å². The Bertz CT molecular complexity index is 184. The molecule has 2 atom stereocenters. The molecule has 0 aromatic heterocycles. The zero-order chi connectivity index (χ0) is 12.5. The molecular formula is C13H28N2O2. The third-order valence-corrected chi connectivity index (χ3v) is 3.49. The summed E-state index contributed by atoms with van der Waals surface area (Å²) < 4.78 is 11.1. The van der Waals surface area contributed by atoms with Crippen LogP contribution in [0.15, 0.2) is 0 Å². The number of hydrogen-bond acceptors (Lipinski definition) is 4. The first-order valence-electron chi connectivity index (χ1n) is 6.78. The summed E-state index contributed by atoms with van der Waals surface area (Å²) in [5.74, 6) is 0. The second-order valence-corrected chi connectivity index (χ2v) is 4.97. The Morgan fingerprint density at radius 1 is 1.47 bits per heavy atom. The molecule has 102 valence electrons. The molecule has 0 aromatic rings. The molecule has 0 spiro atoms. The third kappa shape index (κ3) is 5.82. The fourth-order valence-corrected chi connectivity index (χ4v) is 2.40. The molecule has 0 bridgehead atoms. The van der Waals surface area contributed by atoms with Crippen LogP contribution in [0, 0.1) is 0 Å². The van der Waals surface area contributed by atoms with Gasteiger partial charge in [-0.1, -0.05) is 0 Å². The van der Waals surface area contributed by atoms with Crippen LogP contribution in [-0.4, -0.2) is 57.5 Å². The van der Waals surface area contributed by atoms with E-state index in [2.05, 4.69) is 11.9 Å². The Labute approximate surface area is 105 Å². The smallest absolute Gasteiger partial charge is 0.0702 e. The molecule has 1 fully saturated rings. The van der Waals surface area contributed by atoms with Gasteiger partial charge in [-0.15, -0.1) is 0 Å². The highest BCUT2D eigenvalue weighted by atomic mass is 16.5. The molecule has 4 heteroatoms. The number of methoxy groups -OCH3 is 1. The van der Waals surface area contributed by atoms with Crippen LogP contribution >= 0.6 is 0 Å². The van der Waals surface area contributed by atoms with Gasteiger partial charge in [0, 0.05) is 26.3 Å². The number of hydrogen-bond donors (Lipinski definition) is 1. The van der Waals surface area contributed by atoms with Gasteiger partial charge in [0.25, 0.3) is 0 Å². The first kappa shape index (κ1) is 14.9. The summed E-state index contributed by atoms with van der Waals surface area (Å²) in [4.78, 5) is 2.37. The molecule has 1 rings (SSSR count). The predicted molar refractivity (Wildman–Crippen MR) is 70.2 cm³/mol. The highest BCUT2D eigenvalue weighted by molar-refractivity contribution is 4.74. The maximum absolute atomic E-state index is 5.77. The van der Waals surface area contributed by atoms with Crippen molar-refractivity contribution in [2.75, 3.05) is 40.5 Å². The molecule has 0 radical (unpaired) electrons. The van der Waals surface area contributed by atoms with Crippen molar-refractivity contribution < 1.29 is 9.47 Å². The van der Waals surface area contributed by atoms with Crippen LogP contribution in [0.25, 0.3) is 0 Å². The summed E-state index contributed by atoms with van der Waals surface area (Å²) in [6.45, 7) is 3.48. The summed E-state index contributed by atoms with van der Waals surface area (Å²) in [6.07, 6.45) is 6.29. The molecule has 4 nitrogen and oxygen atoms in total. The largest absolute Gasteiger partial charge is 0.383 e. The van der Waals surface area contributed by atoms with E-state index in [9.17, 15) is 0 Å². The summed E-state index contributed by atoms with van der Waals surface area (Å²) in [5, 5.41) is 0. The molecule has 0 saturated carbocycles. The molecular weight excluding hydrogens is 216 g/mol. The standard InChI is InChI=1S/C13H28N2O2/c1-15(10-13-7-3-4-9-17-13)12(11-16-2)6-5-8-14/h12-13H,3-11,14H2,1-2H3. The van der Waals surface area contributed by atoms with Crippen LogP contribution in [-0.2, 0) is 9.47 Å². The van der Waals surface area contributed by atoms with Gasteiger partial charge in [-0.3, -0.25) is 4.90 Å². The van der Waals surface area contributed by atoms with E-state index in [1.165, 1.54) is 19.3 Å². The average molecular weight is 244 g/mol. The van der Waals surface area contributed by atoms with Gasteiger partial charge in [-0.2, -0.15) is 0 Å². The van der Waals surface area contributed by atoms with E-state index in [-0.39, 0.29) is 0 Å². The Hall–Kier alpha value is -0.160. The zero-order valence-corrected chi connectivity index (χ0v) is 11.4. The molecule has 0 aromatic carbocycles. The van der Waals surface area contributed by atoms with Crippen molar-refractivity contribution in [3.05, 3.63) is 0 Å². The highest BCUT2D eigenvalue weighted by Gasteiger charge is 2.20. The monoisotopic (exact) mass is 244 g/mol. The minimum Gasteiger partial charge on any atom is -0.383 e. The number of nitrogens with two attached hydrogens (primary N) is 1. The summed E-state index contributed by atoms with van der Waals surface area (Å²) in [7, 11) is 3.93. The van der Waals surface area contributed by atoms with Gasteiger partial charge in [-0.05, 0) is 45.7 Å². The fourth-order valence-electron chi connectivity index (χ4n) is 2.40. The van der Waals surface area contributed by atoms with E-state index in [0.29, 0.717) is 12.1 Å². The van der Waals surface area contributed by atoms with E-state index in [4.69, 9.17) is 15.2 Å². The van der Waals surface area contributed by atoms with Gasteiger partial charge >= 0.3 is 0 Å². The Morgan fingerprint density at radius 3 is 2.88 bits per heavy atom. The first-order valence-corrected chi connectivity index (χ1v) is 6.78. The van der Waals surface area contributed by atoms with Crippen molar-refractivity contribution in [3.63, 3.8) is 0 Å². The third-order valence-electron chi connectivity index (χ3n) is 3.49. The van der Waals surface area contributed by atoms with Crippen molar-refractivity contribution in [3.8, 4) is 0 Å². The van der Waals surface area contributed by atoms with Crippen LogP contribution in [0.3, 0.4) is 0 Å². The molecule has 0 aliphatic carbocycles. The minimum atomic E-state index is 0.408. The van der Waals surface area contributed by atoms with Crippen LogP contribution < -0.4 is 5.73 Å². The van der Waals surface area contributed by atoms with Crippen LogP contribution in [0.1, 0.15) is 32.1 Å². The zero-order valence-electron chi connectivity index (χ0n) is 11.4. The Balaban J connectivity index is 2.31. The maximum Gasteiger partial charge on any atom is 0.0702 e. The van der Waals surface area contributed by atoms with Crippen molar-refractivity contribution in [2.24, 2.45) is 5.73 Å². The van der Waals surface area contributed by atoms with Crippen molar-refractivity contribution in [2.45, 2.75) is 44.2 Å². The van der Waals surface area contributed by atoms with E-state index in [1.54, 1.807) is 7.11 Å². The SMILES string of the molecule is COCC(CCCN)N(C)CC1CCCCO1. The maximum atomic E-state index is 5.77. The van der Waals surface area contributed by atoms with Gasteiger partial charge in [0.2, 0.25) is 0 Å². The number of nitrogens with zero attached hydrogens (tertiary/aromatic N) is 1. The quantitative estimate of drug-likeness (QED) is 0.698. The van der Waals surface area contributed by atoms with E-state index < -0.39 is 0 Å². The second-order valence-electron chi connectivity index (χ2n) is 4.97. The number of likely N-dealkylation sites (N-methyl/N-ethyl adjacent to an activating group) is 1. The Morgan fingerprint density at radius 2 is 2.29 bits per heavy atom. The predicted octanol–water partition coefficient (Wildman–Crippen LogP) is 1.24. The Kier molecular flexibility index (Phi) is 7.77. The van der Waals surface area contributed by atoms with E-state index >= 15 is 0 Å². The molecule has 1 aliphatic rings. The average Bonchev–Trinajstić information content (AvgIpc) is 2.35. The molecule has 0 amide bonds. The van der Waals surface area contributed by atoms with Crippen molar-refractivity contribution >= 4 is 0 Å². The molecule has 17 heavy (non-hydrogen) atoms. The van der Waals surface area contributed by atoms with Crippen molar-refractivity contribution in [1.29, 1.82) is 0 Å². The lowest BCUT2D eigenvalue weighted by molar-refractivity contribution is -0.0159. The molecule has 1 saturated heterocycles. The van der Waals surface area contributed by atoms with Gasteiger partial charge < -0.3 is 15.2 Å². The summed E-state index contributed by atoms with van der Waals surface area (Å²) >= 11 is 0. The van der Waals surface area contributed by atoms with Crippen molar-refractivity contribution in [1.82, 2.24) is 4.90 Å². The van der Waals surface area contributed by atoms with E-state index in [1.807, 2.05) is 0 Å². The number of ether oxygens (including phenoxy) is 2.